The first-order chi connectivity index (χ1) is 13.1. The number of rotatable bonds is 3. The van der Waals surface area contributed by atoms with E-state index in [0.717, 1.165) is 36.8 Å². The number of fused-ring (bicyclic) bond motifs is 5. The van der Waals surface area contributed by atoms with Crippen molar-refractivity contribution in [1.29, 1.82) is 0 Å². The van der Waals surface area contributed by atoms with Crippen molar-refractivity contribution in [3.8, 4) is 0 Å². The van der Waals surface area contributed by atoms with E-state index in [4.69, 9.17) is 5.11 Å². The van der Waals surface area contributed by atoms with E-state index in [1.165, 1.54) is 0 Å². The Hall–Kier alpha value is -1.72. The smallest absolute Gasteiger partial charge is 0.306 e. The first kappa shape index (κ1) is 19.6. The molecule has 152 valence electrons. The average molecular weight is 386 g/mol. The Morgan fingerprint density at radius 3 is 2.79 bits per heavy atom. The minimum Gasteiger partial charge on any atom is -0.481 e. The fourth-order valence-corrected chi connectivity index (χ4v) is 6.91. The Bertz CT molecular complexity index is 793. The number of carbonyl (C=O) groups excluding carboxylic acids is 1. The molecule has 5 heteroatoms. The maximum atomic E-state index is 11.9. The van der Waals surface area contributed by atoms with Gasteiger partial charge in [0.2, 0.25) is 0 Å². The van der Waals surface area contributed by atoms with Gasteiger partial charge in [-0.3, -0.25) is 9.59 Å². The number of hydrogen-bond acceptors (Lipinski definition) is 4. The molecule has 7 atom stereocenters. The summed E-state index contributed by atoms with van der Waals surface area (Å²) in [6.45, 7) is 4.34. The molecule has 0 radical (unpaired) electrons. The molecule has 28 heavy (non-hydrogen) atoms. The molecular formula is C23H30O5. The van der Waals surface area contributed by atoms with Crippen LogP contribution < -0.4 is 0 Å². The third kappa shape index (κ3) is 2.91. The van der Waals surface area contributed by atoms with Crippen LogP contribution >= 0.6 is 0 Å². The zero-order valence-corrected chi connectivity index (χ0v) is 16.6. The average Bonchev–Trinajstić information content (AvgIpc) is 2.90. The summed E-state index contributed by atoms with van der Waals surface area (Å²) in [4.78, 5) is 22.8. The van der Waals surface area contributed by atoms with Crippen LogP contribution in [-0.2, 0) is 9.59 Å². The van der Waals surface area contributed by atoms with Crippen molar-refractivity contribution in [3.05, 3.63) is 35.5 Å². The highest BCUT2D eigenvalue weighted by Gasteiger charge is 2.60. The number of aliphatic hydroxyl groups excluding tert-OH is 2. The standard InChI is InChI=1S/C23H30O5/c1-22-8-7-15(24)9-13(22)3-5-17-18-6-4-14(10-16(25)11-20(27)28)23(18,2)12-19(26)21(17)22/h7-10,16-19,21,25-26H,3-6,11-12H2,1-2H3,(H,27,28)/b14-10-/t16?,17-,18-,19-,21+,22-,23+/m0/s1. The zero-order valence-electron chi connectivity index (χ0n) is 16.6. The highest BCUT2D eigenvalue weighted by Crippen LogP contribution is 2.65. The van der Waals surface area contributed by atoms with Crippen molar-refractivity contribution < 1.29 is 24.9 Å². The number of carbonyl (C=O) groups is 2. The predicted octanol–water partition coefficient (Wildman–Crippen LogP) is 3.03. The molecule has 0 amide bonds. The molecule has 3 N–H and O–H groups in total. The van der Waals surface area contributed by atoms with E-state index in [0.29, 0.717) is 18.3 Å². The van der Waals surface area contributed by atoms with Gasteiger partial charge in [-0.1, -0.05) is 37.1 Å². The monoisotopic (exact) mass is 386 g/mol. The molecule has 5 nitrogen and oxygen atoms in total. The Balaban J connectivity index is 1.65. The van der Waals surface area contributed by atoms with Gasteiger partial charge in [0.05, 0.1) is 18.6 Å². The van der Waals surface area contributed by atoms with Gasteiger partial charge in [-0.15, -0.1) is 0 Å². The molecule has 0 aromatic rings. The molecule has 1 unspecified atom stereocenters. The van der Waals surface area contributed by atoms with Gasteiger partial charge in [0.15, 0.2) is 5.78 Å². The van der Waals surface area contributed by atoms with Crippen LogP contribution in [-0.4, -0.2) is 39.3 Å². The highest BCUT2D eigenvalue weighted by molar-refractivity contribution is 6.01. The predicted molar refractivity (Wildman–Crippen MR) is 104 cm³/mol. The van der Waals surface area contributed by atoms with Crippen LogP contribution in [0, 0.1) is 28.6 Å². The van der Waals surface area contributed by atoms with Gasteiger partial charge in [-0.25, -0.2) is 0 Å². The summed E-state index contributed by atoms with van der Waals surface area (Å²) < 4.78 is 0. The van der Waals surface area contributed by atoms with Crippen LogP contribution in [0.3, 0.4) is 0 Å². The highest BCUT2D eigenvalue weighted by atomic mass is 16.4. The molecule has 0 spiro atoms. The van der Waals surface area contributed by atoms with Gasteiger partial charge in [0.25, 0.3) is 0 Å². The molecule has 0 aromatic carbocycles. The Morgan fingerprint density at radius 2 is 2.07 bits per heavy atom. The van der Waals surface area contributed by atoms with Crippen molar-refractivity contribution in [2.75, 3.05) is 0 Å². The molecule has 0 aromatic heterocycles. The van der Waals surface area contributed by atoms with E-state index in [9.17, 15) is 19.8 Å². The number of carboxylic acids is 1. The lowest BCUT2D eigenvalue weighted by Gasteiger charge is -2.58. The van der Waals surface area contributed by atoms with Crippen molar-refractivity contribution >= 4 is 11.8 Å². The molecule has 4 rings (SSSR count). The normalized spacial score (nSPS) is 44.5. The molecular weight excluding hydrogens is 356 g/mol. The minimum atomic E-state index is -1.01. The molecule has 0 saturated heterocycles. The Morgan fingerprint density at radius 1 is 1.32 bits per heavy atom. The number of aliphatic hydroxyl groups is 2. The lowest BCUT2D eigenvalue weighted by Crippen LogP contribution is -2.55. The van der Waals surface area contributed by atoms with Crippen LogP contribution in [0.4, 0.5) is 0 Å². The van der Waals surface area contributed by atoms with E-state index >= 15 is 0 Å². The maximum absolute atomic E-state index is 11.9. The summed E-state index contributed by atoms with van der Waals surface area (Å²) in [5, 5.41) is 30.3. The number of hydrogen-bond donors (Lipinski definition) is 3. The summed E-state index contributed by atoms with van der Waals surface area (Å²) in [6.07, 6.45) is 9.72. The summed E-state index contributed by atoms with van der Waals surface area (Å²) in [5.74, 6) is -0.103. The molecule has 0 bridgehead atoms. The summed E-state index contributed by atoms with van der Waals surface area (Å²) in [7, 11) is 0. The SMILES string of the molecule is C[C@]12C=CC(=O)C=C1CC[C@@H]1[C@@H]2[C@@H](O)C[C@]2(C)/C(=C\C(O)CC(=O)O)CC[C@@H]12. The van der Waals surface area contributed by atoms with Gasteiger partial charge in [-0.05, 0) is 61.5 Å². The van der Waals surface area contributed by atoms with E-state index in [1.807, 2.05) is 6.08 Å². The second-order valence-electron chi connectivity index (χ2n) is 9.61. The fourth-order valence-electron chi connectivity index (χ4n) is 6.91. The van der Waals surface area contributed by atoms with Gasteiger partial charge in [0.1, 0.15) is 0 Å². The van der Waals surface area contributed by atoms with Crippen LogP contribution in [0.15, 0.2) is 35.5 Å². The molecule has 3 saturated carbocycles. The molecule has 3 fully saturated rings. The van der Waals surface area contributed by atoms with Gasteiger partial charge in [-0.2, -0.15) is 0 Å². The van der Waals surface area contributed by atoms with Crippen LogP contribution in [0.25, 0.3) is 0 Å². The largest absolute Gasteiger partial charge is 0.481 e. The third-order valence-electron chi connectivity index (χ3n) is 8.12. The molecule has 4 aliphatic carbocycles. The number of ketones is 1. The number of carboxylic acid groups (broad SMARTS) is 1. The fraction of sp³-hybridized carbons (Fsp3) is 0.652. The van der Waals surface area contributed by atoms with Gasteiger partial charge in [0, 0.05) is 11.3 Å². The van der Waals surface area contributed by atoms with Gasteiger partial charge < -0.3 is 15.3 Å². The Labute approximate surface area is 165 Å². The molecule has 0 aliphatic heterocycles. The van der Waals surface area contributed by atoms with E-state index in [-0.39, 0.29) is 29.0 Å². The van der Waals surface area contributed by atoms with Crippen LogP contribution in [0.5, 0.6) is 0 Å². The quantitative estimate of drug-likeness (QED) is 0.648. The second kappa shape index (κ2) is 6.67. The van der Waals surface area contributed by atoms with E-state index < -0.39 is 18.2 Å². The van der Waals surface area contributed by atoms with E-state index in [1.54, 1.807) is 18.2 Å². The maximum Gasteiger partial charge on any atom is 0.306 e. The summed E-state index contributed by atoms with van der Waals surface area (Å²) in [5.41, 5.74) is 1.78. The van der Waals surface area contributed by atoms with Crippen molar-refractivity contribution in [3.63, 3.8) is 0 Å². The summed E-state index contributed by atoms with van der Waals surface area (Å²) in [6, 6.07) is 0. The first-order valence-electron chi connectivity index (χ1n) is 10.4. The van der Waals surface area contributed by atoms with Crippen molar-refractivity contribution in [2.24, 2.45) is 28.6 Å². The molecule has 0 heterocycles. The van der Waals surface area contributed by atoms with Crippen LogP contribution in [0.2, 0.25) is 0 Å². The topological polar surface area (TPSA) is 94.8 Å². The minimum absolute atomic E-state index is 0.0413. The van der Waals surface area contributed by atoms with Crippen LogP contribution in [0.1, 0.15) is 52.4 Å². The van der Waals surface area contributed by atoms with Gasteiger partial charge >= 0.3 is 5.97 Å². The van der Waals surface area contributed by atoms with Crippen molar-refractivity contribution in [1.82, 2.24) is 0 Å². The summed E-state index contributed by atoms with van der Waals surface area (Å²) >= 11 is 0. The van der Waals surface area contributed by atoms with Crippen molar-refractivity contribution in [2.45, 2.75) is 64.6 Å². The third-order valence-corrected chi connectivity index (χ3v) is 8.12. The molecule has 4 aliphatic rings. The zero-order chi connectivity index (χ0) is 20.3. The Kier molecular flexibility index (Phi) is 4.66. The number of aliphatic carboxylic acids is 1. The first-order valence-corrected chi connectivity index (χ1v) is 10.4. The second-order valence-corrected chi connectivity index (χ2v) is 9.61. The lowest BCUT2D eigenvalue weighted by molar-refractivity contribution is -0.138. The number of allylic oxidation sites excluding steroid dienone is 5. The van der Waals surface area contributed by atoms with E-state index in [2.05, 4.69) is 13.8 Å². The lowest BCUT2D eigenvalue weighted by atomic mass is 9.47.